The maximum Gasteiger partial charge on any atom is 0.472 e. The van der Waals surface area contributed by atoms with Gasteiger partial charge in [0.2, 0.25) is 5.91 Å². The number of phosphoric acid groups is 1. The summed E-state index contributed by atoms with van der Waals surface area (Å²) in [5.41, 5.74) is 5.32. The summed E-state index contributed by atoms with van der Waals surface area (Å²) < 4.78 is 21.9. The molecular weight excluding hydrogens is 555 g/mol. The van der Waals surface area contributed by atoms with E-state index in [0.29, 0.717) is 6.42 Å². The van der Waals surface area contributed by atoms with Crippen molar-refractivity contribution in [1.82, 2.24) is 5.32 Å². The van der Waals surface area contributed by atoms with Gasteiger partial charge in [-0.3, -0.25) is 13.8 Å². The predicted molar refractivity (Wildman–Crippen MR) is 172 cm³/mol. The first-order chi connectivity index (χ1) is 20.3. The van der Waals surface area contributed by atoms with Gasteiger partial charge < -0.3 is 26.2 Å². The highest BCUT2D eigenvalue weighted by molar-refractivity contribution is 7.47. The Morgan fingerprint density at radius 2 is 1.31 bits per heavy atom. The van der Waals surface area contributed by atoms with Gasteiger partial charge in [-0.25, -0.2) is 4.57 Å². The highest BCUT2D eigenvalue weighted by Crippen LogP contribution is 2.43. The fraction of sp³-hybridized carbons (Fsp3) is 0.906. The van der Waals surface area contributed by atoms with E-state index in [2.05, 4.69) is 19.2 Å². The zero-order valence-corrected chi connectivity index (χ0v) is 27.8. The Kier molecular flexibility index (Phi) is 28.4. The molecule has 0 heterocycles. The van der Waals surface area contributed by atoms with Gasteiger partial charge >= 0.3 is 7.82 Å². The van der Waals surface area contributed by atoms with Crippen LogP contribution in [0, 0.1) is 0 Å². The van der Waals surface area contributed by atoms with E-state index in [9.17, 15) is 24.5 Å². The van der Waals surface area contributed by atoms with Crippen molar-refractivity contribution < 1.29 is 33.5 Å². The number of unbranched alkanes of at least 4 members (excludes halogenated alkanes) is 17. The Morgan fingerprint density at radius 1 is 0.810 bits per heavy atom. The molecule has 0 aromatic carbocycles. The molecule has 0 rings (SSSR count). The molecule has 42 heavy (non-hydrogen) atoms. The molecule has 0 aliphatic carbocycles. The van der Waals surface area contributed by atoms with Crippen molar-refractivity contribution in [3.8, 4) is 0 Å². The van der Waals surface area contributed by atoms with E-state index in [1.807, 2.05) is 6.08 Å². The maximum absolute atomic E-state index is 12.6. The summed E-state index contributed by atoms with van der Waals surface area (Å²) >= 11 is 0. The summed E-state index contributed by atoms with van der Waals surface area (Å²) in [6.07, 6.45) is 24.5. The largest absolute Gasteiger partial charge is 0.472 e. The summed E-state index contributed by atoms with van der Waals surface area (Å²) in [6, 6.07) is -0.973. The van der Waals surface area contributed by atoms with E-state index < -0.39 is 38.6 Å². The zero-order chi connectivity index (χ0) is 31.3. The van der Waals surface area contributed by atoms with E-state index in [1.54, 1.807) is 6.08 Å². The van der Waals surface area contributed by atoms with Gasteiger partial charge in [-0.15, -0.1) is 0 Å². The van der Waals surface area contributed by atoms with E-state index in [-0.39, 0.29) is 19.6 Å². The molecule has 9 nitrogen and oxygen atoms in total. The fourth-order valence-electron chi connectivity index (χ4n) is 4.82. The Labute approximate surface area is 257 Å². The summed E-state index contributed by atoms with van der Waals surface area (Å²) in [5, 5.41) is 23.7. The minimum Gasteiger partial charge on any atom is -0.393 e. The van der Waals surface area contributed by atoms with Gasteiger partial charge in [0.1, 0.15) is 0 Å². The van der Waals surface area contributed by atoms with E-state index in [4.69, 9.17) is 14.8 Å². The van der Waals surface area contributed by atoms with Crippen LogP contribution in [0.2, 0.25) is 0 Å². The molecule has 0 aliphatic rings. The van der Waals surface area contributed by atoms with Gasteiger partial charge in [0.15, 0.2) is 0 Å². The van der Waals surface area contributed by atoms with Crippen molar-refractivity contribution in [2.24, 2.45) is 5.73 Å². The number of hydrogen-bond acceptors (Lipinski definition) is 7. The van der Waals surface area contributed by atoms with Crippen LogP contribution in [0.3, 0.4) is 0 Å². The summed E-state index contributed by atoms with van der Waals surface area (Å²) in [7, 11) is -4.38. The summed E-state index contributed by atoms with van der Waals surface area (Å²) in [5.74, 6) is -0.450. The fourth-order valence-corrected chi connectivity index (χ4v) is 5.58. The number of hydrogen-bond donors (Lipinski definition) is 5. The van der Waals surface area contributed by atoms with Crippen molar-refractivity contribution in [2.45, 2.75) is 167 Å². The summed E-state index contributed by atoms with van der Waals surface area (Å²) in [6.45, 7) is 3.90. The highest BCUT2D eigenvalue weighted by atomic mass is 31.2. The molecule has 0 aromatic rings. The van der Waals surface area contributed by atoms with Crippen molar-refractivity contribution in [1.29, 1.82) is 0 Å². The molecule has 6 N–H and O–H groups in total. The van der Waals surface area contributed by atoms with E-state index in [1.165, 1.54) is 83.5 Å². The lowest BCUT2D eigenvalue weighted by atomic mass is 10.0. The van der Waals surface area contributed by atoms with E-state index in [0.717, 1.165) is 38.5 Å². The second-order valence-electron chi connectivity index (χ2n) is 11.6. The number of carbonyl (C=O) groups excluding carboxylic acids is 1. The number of nitrogens with one attached hydrogen (secondary N) is 1. The van der Waals surface area contributed by atoms with Gasteiger partial charge in [0.25, 0.3) is 0 Å². The third kappa shape index (κ3) is 26.8. The van der Waals surface area contributed by atoms with Crippen LogP contribution in [0.25, 0.3) is 0 Å². The lowest BCUT2D eigenvalue weighted by molar-refractivity contribution is -0.124. The first-order valence-corrected chi connectivity index (χ1v) is 18.4. The molecule has 250 valence electrons. The number of carbonyl (C=O) groups is 1. The molecule has 1 amide bonds. The Hall–Kier alpha value is -0.800. The first kappa shape index (κ1) is 41.2. The molecule has 4 atom stereocenters. The Bertz CT molecular complexity index is 696. The second-order valence-corrected chi connectivity index (χ2v) is 13.0. The molecule has 4 unspecified atom stereocenters. The van der Waals surface area contributed by atoms with Crippen LogP contribution in [0.4, 0.5) is 0 Å². The topological polar surface area (TPSA) is 151 Å². The van der Waals surface area contributed by atoms with E-state index >= 15 is 0 Å². The third-order valence-electron chi connectivity index (χ3n) is 7.42. The number of rotatable bonds is 31. The smallest absolute Gasteiger partial charge is 0.393 e. The minimum absolute atomic E-state index is 0.0506. The molecule has 0 bridgehead atoms. The van der Waals surface area contributed by atoms with Gasteiger partial charge in [-0.05, 0) is 19.3 Å². The summed E-state index contributed by atoms with van der Waals surface area (Å²) in [4.78, 5) is 22.5. The molecule has 0 aliphatic heterocycles. The van der Waals surface area contributed by atoms with Crippen molar-refractivity contribution in [3.05, 3.63) is 12.2 Å². The van der Waals surface area contributed by atoms with Crippen LogP contribution in [0.5, 0.6) is 0 Å². The first-order valence-electron chi connectivity index (χ1n) is 16.9. The van der Waals surface area contributed by atoms with Gasteiger partial charge in [0.05, 0.1) is 37.9 Å². The van der Waals surface area contributed by atoms with Gasteiger partial charge in [-0.1, -0.05) is 135 Å². The van der Waals surface area contributed by atoms with Crippen LogP contribution in [0.1, 0.15) is 149 Å². The number of aliphatic hydroxyl groups excluding tert-OH is 2. The van der Waals surface area contributed by atoms with Crippen LogP contribution in [-0.4, -0.2) is 59.0 Å². The molecule has 0 aromatic heterocycles. The van der Waals surface area contributed by atoms with Gasteiger partial charge in [-0.2, -0.15) is 0 Å². The van der Waals surface area contributed by atoms with Crippen LogP contribution < -0.4 is 11.1 Å². The maximum atomic E-state index is 12.6. The molecule has 0 spiro atoms. The number of nitrogens with two attached hydrogens (primary N) is 1. The van der Waals surface area contributed by atoms with Crippen molar-refractivity contribution >= 4 is 13.7 Å². The Morgan fingerprint density at radius 3 is 1.83 bits per heavy atom. The monoisotopic (exact) mass is 620 g/mol. The number of allylic oxidation sites excluding steroid dienone is 1. The molecule has 10 heteroatoms. The van der Waals surface area contributed by atoms with Crippen LogP contribution >= 0.6 is 7.82 Å². The van der Waals surface area contributed by atoms with Crippen LogP contribution in [-0.2, 0) is 18.4 Å². The van der Waals surface area contributed by atoms with Crippen molar-refractivity contribution in [2.75, 3.05) is 19.8 Å². The lowest BCUT2D eigenvalue weighted by Gasteiger charge is -2.24. The third-order valence-corrected chi connectivity index (χ3v) is 8.40. The average molecular weight is 621 g/mol. The average Bonchev–Trinajstić information content (AvgIpc) is 2.96. The minimum atomic E-state index is -4.38. The number of amides is 1. The molecular formula is C32H65N2O7P. The Balaban J connectivity index is 4.50. The quantitative estimate of drug-likeness (QED) is 0.0313. The molecule has 0 fully saturated rings. The number of aliphatic hydroxyl groups is 2. The van der Waals surface area contributed by atoms with Gasteiger partial charge in [0, 0.05) is 6.54 Å². The molecule has 0 saturated carbocycles. The lowest BCUT2D eigenvalue weighted by Crippen LogP contribution is -2.46. The molecule has 0 radical (unpaired) electrons. The predicted octanol–water partition coefficient (Wildman–Crippen LogP) is 7.07. The van der Waals surface area contributed by atoms with Crippen LogP contribution in [0.15, 0.2) is 12.2 Å². The normalized spacial score (nSPS) is 15.5. The standard InChI is InChI=1S/C32H65N2O7P/c1-3-5-7-9-11-13-14-16-17-19-21-23-29(35)27-32(37)34-30(28-41-42(38,39)40-26-25-33)31(36)24-22-20-18-15-12-10-8-6-4-2/h22,24,29-31,35-36H,3-21,23,25-28,33H2,1-2H3,(H,34,37)(H,38,39)/b24-22+. The second kappa shape index (κ2) is 28.9. The zero-order valence-electron chi connectivity index (χ0n) is 26.9. The number of phosphoric ester groups is 1. The highest BCUT2D eigenvalue weighted by Gasteiger charge is 2.27. The van der Waals surface area contributed by atoms with Crippen molar-refractivity contribution in [3.63, 3.8) is 0 Å². The SMILES string of the molecule is CCCCCCCCC/C=C/C(O)C(COP(=O)(O)OCCN)NC(=O)CC(O)CCCCCCCCCCCCC. The molecule has 0 saturated heterocycles.